The van der Waals surface area contributed by atoms with Gasteiger partial charge in [0.2, 0.25) is 0 Å². The van der Waals surface area contributed by atoms with E-state index >= 15 is 0 Å². The lowest BCUT2D eigenvalue weighted by Gasteiger charge is -2.18. The van der Waals surface area contributed by atoms with Gasteiger partial charge in [0.25, 0.3) is 0 Å². The van der Waals surface area contributed by atoms with E-state index < -0.39 is 0 Å². The van der Waals surface area contributed by atoms with Gasteiger partial charge in [-0.1, -0.05) is 6.07 Å². The van der Waals surface area contributed by atoms with Crippen molar-refractivity contribution in [3.8, 4) is 9.88 Å². The lowest BCUT2D eigenvalue weighted by atomic mass is 10.1. The molecule has 1 fully saturated rings. The van der Waals surface area contributed by atoms with Gasteiger partial charge in [-0.25, -0.2) is 4.98 Å². The molecule has 0 bridgehead atoms. The van der Waals surface area contributed by atoms with Crippen molar-refractivity contribution < 1.29 is 4.74 Å². The molecule has 0 spiro atoms. The van der Waals surface area contributed by atoms with Gasteiger partial charge in [0, 0.05) is 25.1 Å². The molecule has 1 aliphatic rings. The van der Waals surface area contributed by atoms with E-state index in [1.807, 2.05) is 0 Å². The Morgan fingerprint density at radius 1 is 1.47 bits per heavy atom. The number of rotatable bonds is 5. The van der Waals surface area contributed by atoms with Gasteiger partial charge in [0.1, 0.15) is 5.01 Å². The average molecular weight is 294 g/mol. The number of thiazole rings is 1. The Hall–Kier alpha value is -0.750. The number of aromatic nitrogens is 1. The minimum Gasteiger partial charge on any atom is -0.381 e. The Morgan fingerprint density at radius 2 is 2.42 bits per heavy atom. The minimum absolute atomic E-state index is 0.695. The highest BCUT2D eigenvalue weighted by Gasteiger charge is 2.18. The quantitative estimate of drug-likeness (QED) is 0.845. The smallest absolute Gasteiger partial charge is 0.133 e. The average Bonchev–Trinajstić information content (AvgIpc) is 3.09. The molecule has 3 nitrogen and oxygen atoms in total. The molecule has 0 saturated carbocycles. The maximum absolute atomic E-state index is 5.42. The summed E-state index contributed by atoms with van der Waals surface area (Å²) in [6, 6.07) is 4.21. The summed E-state index contributed by atoms with van der Waals surface area (Å²) in [6.07, 6.45) is 1.20. The van der Waals surface area contributed by atoms with E-state index in [9.17, 15) is 0 Å². The third kappa shape index (κ3) is 3.42. The Morgan fingerprint density at radius 3 is 3.16 bits per heavy atom. The molecule has 0 aliphatic carbocycles. The third-order valence-electron chi connectivity index (χ3n) is 3.31. The van der Waals surface area contributed by atoms with E-state index in [0.29, 0.717) is 5.92 Å². The van der Waals surface area contributed by atoms with Crippen LogP contribution in [-0.2, 0) is 11.3 Å². The fraction of sp³-hybridized carbons (Fsp3) is 0.500. The summed E-state index contributed by atoms with van der Waals surface area (Å²) in [6.45, 7) is 3.88. The second kappa shape index (κ2) is 6.13. The molecule has 102 valence electrons. The van der Waals surface area contributed by atoms with E-state index in [2.05, 4.69) is 34.8 Å². The van der Waals surface area contributed by atoms with E-state index in [0.717, 1.165) is 31.3 Å². The zero-order chi connectivity index (χ0) is 13.1. The van der Waals surface area contributed by atoms with Gasteiger partial charge in [-0.05, 0) is 30.8 Å². The third-order valence-corrected chi connectivity index (χ3v) is 5.24. The summed E-state index contributed by atoms with van der Waals surface area (Å²) in [4.78, 5) is 8.34. The number of hydrogen-bond acceptors (Lipinski definition) is 5. The molecule has 0 unspecified atom stereocenters. The van der Waals surface area contributed by atoms with Gasteiger partial charge >= 0.3 is 0 Å². The molecule has 1 saturated heterocycles. The predicted molar refractivity (Wildman–Crippen MR) is 80.7 cm³/mol. The fourth-order valence-electron chi connectivity index (χ4n) is 2.40. The van der Waals surface area contributed by atoms with Crippen molar-refractivity contribution in [1.82, 2.24) is 9.88 Å². The highest BCUT2D eigenvalue weighted by Crippen LogP contribution is 2.28. The van der Waals surface area contributed by atoms with E-state index in [-0.39, 0.29) is 0 Å². The molecule has 0 radical (unpaired) electrons. The van der Waals surface area contributed by atoms with Gasteiger partial charge in [0.15, 0.2) is 0 Å². The monoisotopic (exact) mass is 294 g/mol. The van der Waals surface area contributed by atoms with Crippen molar-refractivity contribution in [2.75, 3.05) is 26.8 Å². The molecule has 0 aromatic carbocycles. The van der Waals surface area contributed by atoms with Crippen LogP contribution in [0.5, 0.6) is 0 Å². The zero-order valence-electron chi connectivity index (χ0n) is 11.0. The van der Waals surface area contributed by atoms with E-state index in [4.69, 9.17) is 9.72 Å². The number of hydrogen-bond donors (Lipinski definition) is 0. The van der Waals surface area contributed by atoms with Crippen LogP contribution in [0.4, 0.5) is 0 Å². The first-order valence-electron chi connectivity index (χ1n) is 6.56. The highest BCUT2D eigenvalue weighted by molar-refractivity contribution is 7.20. The summed E-state index contributed by atoms with van der Waals surface area (Å²) in [5.41, 5.74) is 1.18. The molecule has 2 aromatic rings. The van der Waals surface area contributed by atoms with Crippen LogP contribution >= 0.6 is 22.7 Å². The second-order valence-corrected chi connectivity index (χ2v) is 6.85. The largest absolute Gasteiger partial charge is 0.381 e. The lowest BCUT2D eigenvalue weighted by molar-refractivity contribution is 0.172. The molecule has 3 heterocycles. The fourth-order valence-corrected chi connectivity index (χ4v) is 4.03. The van der Waals surface area contributed by atoms with Gasteiger partial charge < -0.3 is 9.64 Å². The predicted octanol–water partition coefficient (Wildman–Crippen LogP) is 3.34. The van der Waals surface area contributed by atoms with Crippen molar-refractivity contribution in [3.63, 3.8) is 0 Å². The van der Waals surface area contributed by atoms with Crippen molar-refractivity contribution in [2.45, 2.75) is 13.0 Å². The number of ether oxygens (including phenoxy) is 1. The first-order valence-corrected chi connectivity index (χ1v) is 8.32. The van der Waals surface area contributed by atoms with E-state index in [1.54, 1.807) is 22.7 Å². The van der Waals surface area contributed by atoms with Crippen LogP contribution in [-0.4, -0.2) is 36.7 Å². The second-order valence-electron chi connectivity index (χ2n) is 5.05. The zero-order valence-corrected chi connectivity index (χ0v) is 12.7. The molecule has 1 aliphatic heterocycles. The first kappa shape index (κ1) is 13.2. The molecular formula is C14H18N2OS2. The van der Waals surface area contributed by atoms with Crippen LogP contribution in [0.2, 0.25) is 0 Å². The maximum atomic E-state index is 5.42. The van der Waals surface area contributed by atoms with Gasteiger partial charge in [0.05, 0.1) is 17.2 Å². The van der Waals surface area contributed by atoms with Gasteiger partial charge in [-0.3, -0.25) is 0 Å². The van der Waals surface area contributed by atoms with Crippen LogP contribution in [0.1, 0.15) is 12.1 Å². The Bertz CT molecular complexity index is 503. The van der Waals surface area contributed by atoms with Crippen LogP contribution in [0.25, 0.3) is 9.88 Å². The molecule has 3 rings (SSSR count). The maximum Gasteiger partial charge on any atom is 0.133 e. The Labute approximate surface area is 121 Å². The van der Waals surface area contributed by atoms with Crippen LogP contribution in [0.3, 0.4) is 0 Å². The summed E-state index contributed by atoms with van der Waals surface area (Å²) < 4.78 is 5.42. The SMILES string of the molecule is CN(Cc1csc(-c2cccs2)n1)C[C@H]1CCOC1. The van der Waals surface area contributed by atoms with Gasteiger partial charge in [-0.15, -0.1) is 22.7 Å². The Balaban J connectivity index is 1.57. The molecule has 2 aromatic heterocycles. The van der Waals surface area contributed by atoms with Crippen molar-refractivity contribution in [1.29, 1.82) is 0 Å². The topological polar surface area (TPSA) is 25.4 Å². The first-order chi connectivity index (χ1) is 9.31. The molecule has 0 N–H and O–H groups in total. The molecule has 1 atom stereocenters. The highest BCUT2D eigenvalue weighted by atomic mass is 32.1. The van der Waals surface area contributed by atoms with Crippen molar-refractivity contribution in [3.05, 3.63) is 28.6 Å². The minimum atomic E-state index is 0.695. The molecular weight excluding hydrogens is 276 g/mol. The normalized spacial score (nSPS) is 19.4. The van der Waals surface area contributed by atoms with Crippen LogP contribution in [0.15, 0.2) is 22.9 Å². The Kier molecular flexibility index (Phi) is 4.28. The number of nitrogens with zero attached hydrogens (tertiary/aromatic N) is 2. The summed E-state index contributed by atoms with van der Waals surface area (Å²) in [5, 5.41) is 5.42. The summed E-state index contributed by atoms with van der Waals surface area (Å²) in [7, 11) is 2.17. The molecule has 5 heteroatoms. The molecule has 0 amide bonds. The lowest BCUT2D eigenvalue weighted by Crippen LogP contribution is -2.25. The van der Waals surface area contributed by atoms with Crippen LogP contribution < -0.4 is 0 Å². The van der Waals surface area contributed by atoms with Crippen LogP contribution in [0, 0.1) is 5.92 Å². The van der Waals surface area contributed by atoms with E-state index in [1.165, 1.54) is 17.0 Å². The molecule has 19 heavy (non-hydrogen) atoms. The van der Waals surface area contributed by atoms with Crippen molar-refractivity contribution in [2.24, 2.45) is 5.92 Å². The van der Waals surface area contributed by atoms with Crippen molar-refractivity contribution >= 4 is 22.7 Å². The standard InChI is InChI=1S/C14H18N2OS2/c1-16(7-11-4-5-17-9-11)8-12-10-19-14(15-12)13-3-2-6-18-13/h2-3,6,10-11H,4-5,7-9H2,1H3/t11-/m1/s1. The summed E-state index contributed by atoms with van der Waals surface area (Å²) >= 11 is 3.49. The summed E-state index contributed by atoms with van der Waals surface area (Å²) in [5.74, 6) is 0.695. The number of thiophene rings is 1. The van der Waals surface area contributed by atoms with Gasteiger partial charge in [-0.2, -0.15) is 0 Å².